The molecule has 2 heterocycles. The Morgan fingerprint density at radius 3 is 2.80 bits per heavy atom. The maximum Gasteiger partial charge on any atom is 0.141 e. The third kappa shape index (κ3) is 2.38. The van der Waals surface area contributed by atoms with Gasteiger partial charge in [-0.15, -0.1) is 0 Å². The van der Waals surface area contributed by atoms with Crippen molar-refractivity contribution in [3.63, 3.8) is 0 Å². The van der Waals surface area contributed by atoms with Gasteiger partial charge in [0.2, 0.25) is 0 Å². The molecule has 2 aromatic heterocycles. The van der Waals surface area contributed by atoms with Gasteiger partial charge in [-0.1, -0.05) is 0 Å². The summed E-state index contributed by atoms with van der Waals surface area (Å²) < 4.78 is 0. The van der Waals surface area contributed by atoms with Crippen LogP contribution in [0.15, 0.2) is 30.9 Å². The van der Waals surface area contributed by atoms with Crippen molar-refractivity contribution in [2.24, 2.45) is 0 Å². The molecule has 2 aromatic rings. The Balaban J connectivity index is 2.10. The second-order valence-corrected chi connectivity index (χ2v) is 3.27. The van der Waals surface area contributed by atoms with E-state index in [9.17, 15) is 0 Å². The third-order valence-corrected chi connectivity index (χ3v) is 2.30. The van der Waals surface area contributed by atoms with Gasteiger partial charge in [-0.05, 0) is 31.2 Å². The number of nitrogens with one attached hydrogen (secondary N) is 2. The topological polar surface area (TPSA) is 66.5 Å². The zero-order chi connectivity index (χ0) is 10.5. The van der Waals surface area contributed by atoms with Gasteiger partial charge in [0.15, 0.2) is 0 Å². The lowest BCUT2D eigenvalue weighted by molar-refractivity contribution is 0.559. The van der Waals surface area contributed by atoms with Crippen molar-refractivity contribution in [3.8, 4) is 0 Å². The first-order valence-electron chi connectivity index (χ1n) is 4.81. The lowest BCUT2D eigenvalue weighted by Crippen LogP contribution is -2.20. The number of H-pyrrole nitrogens is 1. The van der Waals surface area contributed by atoms with Gasteiger partial charge in [0.05, 0.1) is 6.04 Å². The number of nitrogens with zero attached hydrogens (tertiary/aromatic N) is 3. The number of aromatic nitrogens is 4. The van der Waals surface area contributed by atoms with E-state index in [0.29, 0.717) is 0 Å². The Morgan fingerprint density at radius 1 is 1.40 bits per heavy atom. The van der Waals surface area contributed by atoms with Crippen LogP contribution < -0.4 is 5.32 Å². The number of pyridine rings is 1. The first-order valence-corrected chi connectivity index (χ1v) is 4.81. The number of rotatable bonds is 4. The average Bonchev–Trinajstić information content (AvgIpc) is 2.81. The second-order valence-electron chi connectivity index (χ2n) is 3.27. The van der Waals surface area contributed by atoms with E-state index < -0.39 is 0 Å². The SMILES string of the molecule is CNC(Cc1ccncc1)c1ncn[nH]1. The van der Waals surface area contributed by atoms with Crippen molar-refractivity contribution in [1.29, 1.82) is 0 Å². The lowest BCUT2D eigenvalue weighted by Gasteiger charge is -2.12. The first-order chi connectivity index (χ1) is 7.40. The predicted molar refractivity (Wildman–Crippen MR) is 56.1 cm³/mol. The van der Waals surface area contributed by atoms with E-state index in [4.69, 9.17) is 0 Å². The quantitative estimate of drug-likeness (QED) is 0.767. The van der Waals surface area contributed by atoms with Gasteiger partial charge in [-0.2, -0.15) is 5.10 Å². The Kier molecular flexibility index (Phi) is 3.04. The fourth-order valence-corrected chi connectivity index (χ4v) is 1.47. The van der Waals surface area contributed by atoms with E-state index in [2.05, 4.69) is 25.5 Å². The van der Waals surface area contributed by atoms with E-state index in [-0.39, 0.29) is 6.04 Å². The molecule has 0 saturated carbocycles. The summed E-state index contributed by atoms with van der Waals surface area (Å²) in [6.45, 7) is 0. The molecule has 0 fully saturated rings. The Labute approximate surface area is 88.0 Å². The summed E-state index contributed by atoms with van der Waals surface area (Å²) in [4.78, 5) is 8.12. The van der Waals surface area contributed by atoms with Crippen LogP contribution in [0.4, 0.5) is 0 Å². The summed E-state index contributed by atoms with van der Waals surface area (Å²) in [5, 5.41) is 9.91. The van der Waals surface area contributed by atoms with Crippen LogP contribution in [0.5, 0.6) is 0 Å². The van der Waals surface area contributed by atoms with Crippen LogP contribution in [-0.2, 0) is 6.42 Å². The Bertz CT molecular complexity index is 383. The molecular formula is C10H13N5. The van der Waals surface area contributed by atoms with Crippen LogP contribution in [0.2, 0.25) is 0 Å². The fraction of sp³-hybridized carbons (Fsp3) is 0.300. The Hall–Kier alpha value is -1.75. The van der Waals surface area contributed by atoms with Crippen LogP contribution in [0.1, 0.15) is 17.4 Å². The zero-order valence-electron chi connectivity index (χ0n) is 8.51. The maximum absolute atomic E-state index is 4.14. The number of hydrogen-bond acceptors (Lipinski definition) is 4. The van der Waals surface area contributed by atoms with Crippen molar-refractivity contribution < 1.29 is 0 Å². The molecule has 1 atom stereocenters. The molecule has 15 heavy (non-hydrogen) atoms. The molecular weight excluding hydrogens is 190 g/mol. The van der Waals surface area contributed by atoms with Crippen LogP contribution in [0.3, 0.4) is 0 Å². The van der Waals surface area contributed by atoms with Gasteiger partial charge >= 0.3 is 0 Å². The molecule has 2 rings (SSSR count). The highest BCUT2D eigenvalue weighted by Gasteiger charge is 2.12. The van der Waals surface area contributed by atoms with E-state index in [1.165, 1.54) is 11.9 Å². The molecule has 0 amide bonds. The summed E-state index contributed by atoms with van der Waals surface area (Å²) in [6, 6.07) is 4.16. The van der Waals surface area contributed by atoms with Crippen LogP contribution >= 0.6 is 0 Å². The minimum atomic E-state index is 0.162. The highest BCUT2D eigenvalue weighted by molar-refractivity contribution is 5.13. The molecule has 0 aliphatic carbocycles. The highest BCUT2D eigenvalue weighted by atomic mass is 15.2. The average molecular weight is 203 g/mol. The standard InChI is InChI=1S/C10H13N5/c1-11-9(10-13-7-14-15-10)6-8-2-4-12-5-3-8/h2-5,7,9,11H,6H2,1H3,(H,13,14,15). The monoisotopic (exact) mass is 203 g/mol. The van der Waals surface area contributed by atoms with Crippen molar-refractivity contribution in [3.05, 3.63) is 42.2 Å². The second kappa shape index (κ2) is 4.65. The number of hydrogen-bond donors (Lipinski definition) is 2. The summed E-state index contributed by atoms with van der Waals surface area (Å²) in [7, 11) is 1.91. The molecule has 2 N–H and O–H groups in total. The predicted octanol–water partition coefficient (Wildman–Crippen LogP) is 0.703. The first kappa shape index (κ1) is 9.79. The lowest BCUT2D eigenvalue weighted by atomic mass is 10.1. The molecule has 0 radical (unpaired) electrons. The van der Waals surface area contributed by atoms with Gasteiger partial charge in [0.25, 0.3) is 0 Å². The van der Waals surface area contributed by atoms with E-state index in [1.807, 2.05) is 19.2 Å². The van der Waals surface area contributed by atoms with E-state index >= 15 is 0 Å². The fourth-order valence-electron chi connectivity index (χ4n) is 1.47. The molecule has 0 aliphatic rings. The van der Waals surface area contributed by atoms with E-state index in [1.54, 1.807) is 12.4 Å². The van der Waals surface area contributed by atoms with Crippen LogP contribution in [-0.4, -0.2) is 27.2 Å². The molecule has 5 heteroatoms. The number of likely N-dealkylation sites (N-methyl/N-ethyl adjacent to an activating group) is 1. The van der Waals surface area contributed by atoms with Crippen molar-refractivity contribution in [2.45, 2.75) is 12.5 Å². The summed E-state index contributed by atoms with van der Waals surface area (Å²) >= 11 is 0. The summed E-state index contributed by atoms with van der Waals surface area (Å²) in [5.74, 6) is 0.856. The molecule has 0 saturated heterocycles. The largest absolute Gasteiger partial charge is 0.310 e. The molecule has 78 valence electrons. The molecule has 0 spiro atoms. The molecule has 0 bridgehead atoms. The van der Waals surface area contributed by atoms with Gasteiger partial charge in [-0.3, -0.25) is 10.1 Å². The van der Waals surface area contributed by atoms with Crippen molar-refractivity contribution >= 4 is 0 Å². The third-order valence-electron chi connectivity index (χ3n) is 2.30. The summed E-state index contributed by atoms with van der Waals surface area (Å²) in [6.07, 6.45) is 5.98. The molecule has 0 aromatic carbocycles. The van der Waals surface area contributed by atoms with Crippen LogP contribution in [0, 0.1) is 0 Å². The molecule has 1 unspecified atom stereocenters. The van der Waals surface area contributed by atoms with Crippen molar-refractivity contribution in [1.82, 2.24) is 25.5 Å². The van der Waals surface area contributed by atoms with Gasteiger partial charge < -0.3 is 5.32 Å². The minimum absolute atomic E-state index is 0.162. The summed E-state index contributed by atoms with van der Waals surface area (Å²) in [5.41, 5.74) is 1.22. The number of aromatic amines is 1. The maximum atomic E-state index is 4.14. The van der Waals surface area contributed by atoms with Gasteiger partial charge in [0.1, 0.15) is 12.2 Å². The Morgan fingerprint density at radius 2 is 2.20 bits per heavy atom. The van der Waals surface area contributed by atoms with Gasteiger partial charge in [-0.25, -0.2) is 4.98 Å². The smallest absolute Gasteiger partial charge is 0.141 e. The normalized spacial score (nSPS) is 12.6. The zero-order valence-corrected chi connectivity index (χ0v) is 8.51. The van der Waals surface area contributed by atoms with Crippen LogP contribution in [0.25, 0.3) is 0 Å². The molecule has 0 aliphatic heterocycles. The van der Waals surface area contributed by atoms with E-state index in [0.717, 1.165) is 12.2 Å². The molecule has 5 nitrogen and oxygen atoms in total. The van der Waals surface area contributed by atoms with Crippen molar-refractivity contribution in [2.75, 3.05) is 7.05 Å². The van der Waals surface area contributed by atoms with Gasteiger partial charge in [0, 0.05) is 12.4 Å². The minimum Gasteiger partial charge on any atom is -0.310 e. The highest BCUT2D eigenvalue weighted by Crippen LogP contribution is 2.12.